The molecule has 2 aromatic rings. The average molecular weight is 349 g/mol. The van der Waals surface area contributed by atoms with Crippen molar-refractivity contribution in [2.45, 2.75) is 25.6 Å². The number of benzene rings is 1. The molecule has 132 valence electrons. The largest absolute Gasteiger partial charge is 0.340 e. The number of amides is 2. The highest BCUT2D eigenvalue weighted by Crippen LogP contribution is 2.44. The summed E-state index contributed by atoms with van der Waals surface area (Å²) >= 11 is 0. The van der Waals surface area contributed by atoms with Gasteiger partial charge in [-0.1, -0.05) is 6.07 Å². The maximum absolute atomic E-state index is 13.0. The maximum Gasteiger partial charge on any atom is 0.272 e. The zero-order valence-electron chi connectivity index (χ0n) is 14.5. The molecule has 1 atom stereocenters. The minimum absolute atomic E-state index is 0.0840. The van der Waals surface area contributed by atoms with Gasteiger partial charge in [0.25, 0.3) is 5.91 Å². The monoisotopic (exact) mass is 349 g/mol. The Kier molecular flexibility index (Phi) is 2.64. The van der Waals surface area contributed by atoms with E-state index >= 15 is 0 Å². The Balaban J connectivity index is 1.69. The van der Waals surface area contributed by atoms with E-state index in [0.29, 0.717) is 12.1 Å². The summed E-state index contributed by atoms with van der Waals surface area (Å²) in [6.45, 7) is 2.17. The Morgan fingerprint density at radius 3 is 2.92 bits per heavy atom. The predicted molar refractivity (Wildman–Crippen MR) is 95.7 cm³/mol. The average Bonchev–Trinajstić information content (AvgIpc) is 3.45. The molecule has 0 bridgehead atoms. The van der Waals surface area contributed by atoms with Crippen LogP contribution in [0.5, 0.6) is 0 Å². The van der Waals surface area contributed by atoms with Crippen LogP contribution in [0, 0.1) is 5.92 Å². The lowest BCUT2D eigenvalue weighted by Gasteiger charge is -2.45. The molecule has 0 saturated heterocycles. The number of fused-ring (bicyclic) bond motifs is 1. The van der Waals surface area contributed by atoms with E-state index in [-0.39, 0.29) is 23.9 Å². The number of carbonyl (C=O) groups excluding carboxylic acids is 2. The van der Waals surface area contributed by atoms with Crippen LogP contribution in [-0.4, -0.2) is 52.0 Å². The van der Waals surface area contributed by atoms with Gasteiger partial charge in [0, 0.05) is 35.5 Å². The smallest absolute Gasteiger partial charge is 0.272 e. The van der Waals surface area contributed by atoms with E-state index in [0.717, 1.165) is 53.8 Å². The predicted octanol–water partition coefficient (Wildman–Crippen LogP) is 1.28. The number of hydrazone groups is 1. The fraction of sp³-hybridized carbons (Fsp3) is 0.421. The summed E-state index contributed by atoms with van der Waals surface area (Å²) in [7, 11) is 2.08. The second-order valence-electron chi connectivity index (χ2n) is 7.71. The van der Waals surface area contributed by atoms with Crippen molar-refractivity contribution in [1.29, 1.82) is 0 Å². The van der Waals surface area contributed by atoms with Gasteiger partial charge < -0.3 is 9.47 Å². The van der Waals surface area contributed by atoms with E-state index in [9.17, 15) is 9.59 Å². The quantitative estimate of drug-likeness (QED) is 0.843. The highest BCUT2D eigenvalue weighted by molar-refractivity contribution is 6.22. The van der Waals surface area contributed by atoms with Crippen molar-refractivity contribution in [2.75, 3.05) is 20.1 Å². The van der Waals surface area contributed by atoms with Gasteiger partial charge in [-0.25, -0.2) is 5.43 Å². The molecular weight excluding hydrogens is 330 g/mol. The number of hydrogen-bond acceptors (Lipinski definition) is 4. The highest BCUT2D eigenvalue weighted by atomic mass is 16.2. The Bertz CT molecular complexity index is 1030. The van der Waals surface area contributed by atoms with E-state index in [1.165, 1.54) is 0 Å². The maximum atomic E-state index is 13.0. The standard InChI is InChI=1S/C19H19N5O2/c1-22-7-8-23-13-4-2-3-11-14(13)15-12(20-21-17(11)25)9-24(18(22)16(15)23)19(26)10-5-6-10/h2-4,10,18H,5-9H2,1H3,(H,21,25). The first-order valence-corrected chi connectivity index (χ1v) is 9.18. The molecule has 1 N–H and O–H groups in total. The van der Waals surface area contributed by atoms with Gasteiger partial charge in [-0.15, -0.1) is 0 Å². The van der Waals surface area contributed by atoms with Gasteiger partial charge in [-0.05, 0) is 32.0 Å². The van der Waals surface area contributed by atoms with Crippen molar-refractivity contribution in [2.24, 2.45) is 11.0 Å². The molecule has 0 radical (unpaired) electrons. The fourth-order valence-electron chi connectivity index (χ4n) is 4.75. The van der Waals surface area contributed by atoms with Crippen LogP contribution in [0.2, 0.25) is 0 Å². The van der Waals surface area contributed by atoms with Crippen LogP contribution in [0.15, 0.2) is 23.3 Å². The molecule has 4 aliphatic rings. The van der Waals surface area contributed by atoms with Crippen LogP contribution in [0.3, 0.4) is 0 Å². The van der Waals surface area contributed by atoms with Crippen molar-refractivity contribution < 1.29 is 9.59 Å². The van der Waals surface area contributed by atoms with Crippen LogP contribution >= 0.6 is 0 Å². The molecule has 6 rings (SSSR count). The number of aromatic nitrogens is 1. The molecule has 4 heterocycles. The van der Waals surface area contributed by atoms with E-state index in [1.54, 1.807) is 0 Å². The third kappa shape index (κ3) is 1.69. The number of rotatable bonds is 1. The van der Waals surface area contributed by atoms with Gasteiger partial charge >= 0.3 is 0 Å². The molecular formula is C19H19N5O2. The Hall–Kier alpha value is -2.67. The molecule has 3 aliphatic heterocycles. The minimum atomic E-state index is -0.179. The minimum Gasteiger partial charge on any atom is -0.340 e. The van der Waals surface area contributed by atoms with Crippen LogP contribution in [0.4, 0.5) is 0 Å². The number of carbonyl (C=O) groups is 2. The molecule has 1 aromatic carbocycles. The van der Waals surface area contributed by atoms with E-state index < -0.39 is 0 Å². The number of nitrogens with one attached hydrogen (secondary N) is 1. The number of nitrogens with zero attached hydrogens (tertiary/aromatic N) is 4. The van der Waals surface area contributed by atoms with E-state index in [4.69, 9.17) is 0 Å². The van der Waals surface area contributed by atoms with Crippen molar-refractivity contribution >= 4 is 28.4 Å². The summed E-state index contributed by atoms with van der Waals surface area (Å²) in [6, 6.07) is 5.86. The van der Waals surface area contributed by atoms with Gasteiger partial charge in [0.15, 0.2) is 0 Å². The lowest BCUT2D eigenvalue weighted by Crippen LogP contribution is -2.53. The first kappa shape index (κ1) is 14.5. The Morgan fingerprint density at radius 2 is 2.12 bits per heavy atom. The summed E-state index contributed by atoms with van der Waals surface area (Å²) in [6.07, 6.45) is 1.88. The fourth-order valence-corrected chi connectivity index (χ4v) is 4.75. The molecule has 1 aliphatic carbocycles. The lowest BCUT2D eigenvalue weighted by atomic mass is 9.95. The molecule has 0 spiro atoms. The normalized spacial score (nSPS) is 24.3. The first-order chi connectivity index (χ1) is 12.6. The van der Waals surface area contributed by atoms with Crippen LogP contribution < -0.4 is 5.43 Å². The van der Waals surface area contributed by atoms with Crippen molar-refractivity contribution in [3.63, 3.8) is 0 Å². The van der Waals surface area contributed by atoms with Gasteiger partial charge in [0.2, 0.25) is 5.91 Å². The van der Waals surface area contributed by atoms with Gasteiger partial charge in [-0.2, -0.15) is 5.10 Å². The molecule has 1 fully saturated rings. The summed E-state index contributed by atoms with van der Waals surface area (Å²) < 4.78 is 2.29. The molecule has 2 amide bonds. The van der Waals surface area contributed by atoms with Crippen molar-refractivity contribution in [3.05, 3.63) is 35.0 Å². The summed E-state index contributed by atoms with van der Waals surface area (Å²) in [5.41, 5.74) is 7.36. The van der Waals surface area contributed by atoms with Gasteiger partial charge in [0.05, 0.1) is 23.5 Å². The molecule has 1 aromatic heterocycles. The summed E-state index contributed by atoms with van der Waals surface area (Å²) in [4.78, 5) is 29.8. The number of likely N-dealkylation sites (N-methyl/N-ethyl adjacent to an activating group) is 1. The second kappa shape index (κ2) is 4.73. The second-order valence-corrected chi connectivity index (χ2v) is 7.71. The number of hydrogen-bond donors (Lipinski definition) is 1. The third-order valence-corrected chi connectivity index (χ3v) is 6.12. The van der Waals surface area contributed by atoms with Crippen LogP contribution in [0.1, 0.15) is 40.6 Å². The zero-order chi connectivity index (χ0) is 17.6. The molecule has 1 saturated carbocycles. The lowest BCUT2D eigenvalue weighted by molar-refractivity contribution is -0.139. The Labute approximate surface area is 150 Å². The first-order valence-electron chi connectivity index (χ1n) is 9.18. The van der Waals surface area contributed by atoms with Gasteiger partial charge in [-0.3, -0.25) is 14.5 Å². The van der Waals surface area contributed by atoms with Crippen molar-refractivity contribution in [1.82, 2.24) is 19.8 Å². The van der Waals surface area contributed by atoms with Crippen LogP contribution in [0.25, 0.3) is 10.9 Å². The third-order valence-electron chi connectivity index (χ3n) is 6.12. The van der Waals surface area contributed by atoms with Gasteiger partial charge in [0.1, 0.15) is 6.17 Å². The Morgan fingerprint density at radius 1 is 1.27 bits per heavy atom. The summed E-state index contributed by atoms with van der Waals surface area (Å²) in [5.74, 6) is 0.188. The SMILES string of the molecule is CN1CCn2c3c4c5c(cccc52)C(=O)NN=C4CN(C(=O)C2CC2)C31. The van der Waals surface area contributed by atoms with Crippen LogP contribution in [-0.2, 0) is 11.3 Å². The molecule has 7 nitrogen and oxygen atoms in total. The molecule has 7 heteroatoms. The van der Waals surface area contributed by atoms with E-state index in [2.05, 4.69) is 33.1 Å². The topological polar surface area (TPSA) is 69.9 Å². The zero-order valence-corrected chi connectivity index (χ0v) is 14.5. The van der Waals surface area contributed by atoms with E-state index in [1.807, 2.05) is 17.0 Å². The molecule has 1 unspecified atom stereocenters. The van der Waals surface area contributed by atoms with Crippen molar-refractivity contribution in [3.8, 4) is 0 Å². The highest BCUT2D eigenvalue weighted by Gasteiger charge is 2.46. The summed E-state index contributed by atoms with van der Waals surface area (Å²) in [5, 5.41) is 5.39. The molecule has 26 heavy (non-hydrogen) atoms.